The highest BCUT2D eigenvalue weighted by Crippen LogP contribution is 2.23. The highest BCUT2D eigenvalue weighted by molar-refractivity contribution is 6.40. The van der Waals surface area contributed by atoms with Crippen LogP contribution in [-0.4, -0.2) is 42.4 Å². The van der Waals surface area contributed by atoms with Crippen molar-refractivity contribution in [1.82, 2.24) is 4.90 Å². The first-order valence-corrected chi connectivity index (χ1v) is 8.84. The van der Waals surface area contributed by atoms with Gasteiger partial charge in [0.05, 0.1) is 12.5 Å². The zero-order valence-electron chi connectivity index (χ0n) is 14.7. The van der Waals surface area contributed by atoms with Gasteiger partial charge in [0.25, 0.3) is 0 Å². The summed E-state index contributed by atoms with van der Waals surface area (Å²) in [6.07, 6.45) is 1.35. The number of nitrogens with one attached hydrogen (secondary N) is 1. The van der Waals surface area contributed by atoms with Crippen LogP contribution in [0.5, 0.6) is 0 Å². The van der Waals surface area contributed by atoms with Crippen molar-refractivity contribution in [2.75, 3.05) is 25.0 Å². The molecule has 6 heteroatoms. The second-order valence-corrected chi connectivity index (χ2v) is 6.32. The van der Waals surface area contributed by atoms with Crippen molar-refractivity contribution in [3.05, 3.63) is 42.5 Å². The summed E-state index contributed by atoms with van der Waals surface area (Å²) < 4.78 is 5.04. The minimum Gasteiger partial charge on any atom is -0.466 e. The van der Waals surface area contributed by atoms with E-state index in [2.05, 4.69) is 5.32 Å². The number of hydrogen-bond donors (Lipinski definition) is 1. The standard InChI is InChI=1S/C20H22N2O4/c1-2-26-20(25)15-9-6-12-22(13-15)19(24)18(23)21-17-11-5-8-14-7-3-4-10-16(14)17/h3-5,7-8,10-11,15H,2,6,9,12-13H2,1H3,(H,21,23). The maximum atomic E-state index is 12.5. The van der Waals surface area contributed by atoms with Gasteiger partial charge in [-0.25, -0.2) is 0 Å². The third-order valence-corrected chi connectivity index (χ3v) is 4.56. The predicted molar refractivity (Wildman–Crippen MR) is 98.5 cm³/mol. The Kier molecular flexibility index (Phi) is 5.51. The van der Waals surface area contributed by atoms with Crippen molar-refractivity contribution in [2.24, 2.45) is 5.92 Å². The van der Waals surface area contributed by atoms with Gasteiger partial charge in [0.2, 0.25) is 0 Å². The number of rotatable bonds is 3. The van der Waals surface area contributed by atoms with Crippen LogP contribution in [0, 0.1) is 5.92 Å². The summed E-state index contributed by atoms with van der Waals surface area (Å²) >= 11 is 0. The molecule has 1 aliphatic rings. The third-order valence-electron chi connectivity index (χ3n) is 4.56. The number of hydrogen-bond acceptors (Lipinski definition) is 4. The van der Waals surface area contributed by atoms with Crippen LogP contribution in [0.1, 0.15) is 19.8 Å². The van der Waals surface area contributed by atoms with Crippen molar-refractivity contribution in [2.45, 2.75) is 19.8 Å². The average molecular weight is 354 g/mol. The monoisotopic (exact) mass is 354 g/mol. The number of anilines is 1. The van der Waals surface area contributed by atoms with Gasteiger partial charge >= 0.3 is 17.8 Å². The molecule has 0 saturated carbocycles. The number of likely N-dealkylation sites (tertiary alicyclic amines) is 1. The predicted octanol–water partition coefficient (Wildman–Crippen LogP) is 2.58. The van der Waals surface area contributed by atoms with Crippen molar-refractivity contribution in [3.8, 4) is 0 Å². The van der Waals surface area contributed by atoms with E-state index >= 15 is 0 Å². The lowest BCUT2D eigenvalue weighted by molar-refractivity contribution is -0.153. The molecule has 1 heterocycles. The van der Waals surface area contributed by atoms with Crippen LogP contribution >= 0.6 is 0 Å². The zero-order chi connectivity index (χ0) is 18.5. The molecule has 2 amide bonds. The largest absolute Gasteiger partial charge is 0.466 e. The summed E-state index contributed by atoms with van der Waals surface area (Å²) in [5.41, 5.74) is 0.598. The van der Waals surface area contributed by atoms with Crippen LogP contribution < -0.4 is 5.32 Å². The number of carbonyl (C=O) groups is 3. The zero-order valence-corrected chi connectivity index (χ0v) is 14.7. The highest BCUT2D eigenvalue weighted by Gasteiger charge is 2.32. The fourth-order valence-electron chi connectivity index (χ4n) is 3.27. The minimum absolute atomic E-state index is 0.223. The van der Waals surface area contributed by atoms with Crippen LogP contribution in [0.2, 0.25) is 0 Å². The lowest BCUT2D eigenvalue weighted by atomic mass is 9.98. The van der Waals surface area contributed by atoms with Gasteiger partial charge in [-0.2, -0.15) is 0 Å². The summed E-state index contributed by atoms with van der Waals surface area (Å²) in [7, 11) is 0. The van der Waals surface area contributed by atoms with E-state index in [4.69, 9.17) is 4.74 Å². The number of carbonyl (C=O) groups excluding carboxylic acids is 3. The van der Waals surface area contributed by atoms with Crippen molar-refractivity contribution in [3.63, 3.8) is 0 Å². The van der Waals surface area contributed by atoms with Crippen LogP contribution in [0.15, 0.2) is 42.5 Å². The molecule has 1 saturated heterocycles. The number of amides is 2. The van der Waals surface area contributed by atoms with Gasteiger partial charge in [0.1, 0.15) is 0 Å². The summed E-state index contributed by atoms with van der Waals surface area (Å²) in [6, 6.07) is 13.2. The Morgan fingerprint density at radius 3 is 2.73 bits per heavy atom. The van der Waals surface area contributed by atoms with Gasteiger partial charge in [0.15, 0.2) is 0 Å². The highest BCUT2D eigenvalue weighted by atomic mass is 16.5. The Morgan fingerprint density at radius 1 is 1.15 bits per heavy atom. The second kappa shape index (κ2) is 7.99. The van der Waals surface area contributed by atoms with Gasteiger partial charge in [-0.3, -0.25) is 14.4 Å². The number of nitrogens with zero attached hydrogens (tertiary/aromatic N) is 1. The molecular formula is C20H22N2O4. The molecular weight excluding hydrogens is 332 g/mol. The maximum Gasteiger partial charge on any atom is 0.313 e. The minimum atomic E-state index is -0.689. The first kappa shape index (κ1) is 17.9. The summed E-state index contributed by atoms with van der Waals surface area (Å²) in [4.78, 5) is 38.3. The molecule has 6 nitrogen and oxygen atoms in total. The molecule has 0 aliphatic carbocycles. The quantitative estimate of drug-likeness (QED) is 0.679. The first-order valence-electron chi connectivity index (χ1n) is 8.84. The van der Waals surface area contributed by atoms with Crippen LogP contribution in [0.25, 0.3) is 10.8 Å². The molecule has 1 atom stereocenters. The van der Waals surface area contributed by atoms with Crippen molar-refractivity contribution >= 4 is 34.2 Å². The number of piperidine rings is 1. The van der Waals surface area contributed by atoms with E-state index in [9.17, 15) is 14.4 Å². The van der Waals surface area contributed by atoms with Gasteiger partial charge in [-0.15, -0.1) is 0 Å². The van der Waals surface area contributed by atoms with Gasteiger partial charge in [-0.05, 0) is 31.2 Å². The topological polar surface area (TPSA) is 75.7 Å². The fraction of sp³-hybridized carbons (Fsp3) is 0.350. The molecule has 136 valence electrons. The fourth-order valence-corrected chi connectivity index (χ4v) is 3.27. The average Bonchev–Trinajstić information content (AvgIpc) is 2.68. The first-order chi connectivity index (χ1) is 12.6. The Balaban J connectivity index is 1.69. The lowest BCUT2D eigenvalue weighted by Gasteiger charge is -2.31. The molecule has 1 aliphatic heterocycles. The molecule has 1 N–H and O–H groups in total. The Morgan fingerprint density at radius 2 is 1.92 bits per heavy atom. The molecule has 1 unspecified atom stereocenters. The second-order valence-electron chi connectivity index (χ2n) is 6.32. The van der Waals surface area contributed by atoms with Gasteiger partial charge in [0, 0.05) is 24.2 Å². The number of ether oxygens (including phenoxy) is 1. The molecule has 2 aromatic rings. The number of esters is 1. The van der Waals surface area contributed by atoms with Crippen molar-refractivity contribution < 1.29 is 19.1 Å². The van der Waals surface area contributed by atoms with Crippen LogP contribution in [-0.2, 0) is 19.1 Å². The van der Waals surface area contributed by atoms with Crippen LogP contribution in [0.3, 0.4) is 0 Å². The SMILES string of the molecule is CCOC(=O)C1CCCN(C(=O)C(=O)Nc2cccc3ccccc23)C1. The summed E-state index contributed by atoms with van der Waals surface area (Å²) in [5, 5.41) is 4.56. The molecule has 0 spiro atoms. The molecule has 0 aromatic heterocycles. The van der Waals surface area contributed by atoms with E-state index in [0.29, 0.717) is 31.7 Å². The van der Waals surface area contributed by atoms with E-state index in [0.717, 1.165) is 10.8 Å². The molecule has 0 bridgehead atoms. The normalized spacial score (nSPS) is 17.0. The van der Waals surface area contributed by atoms with Crippen molar-refractivity contribution in [1.29, 1.82) is 0 Å². The Bertz CT molecular complexity index is 828. The molecule has 26 heavy (non-hydrogen) atoms. The van der Waals surface area contributed by atoms with E-state index in [1.807, 2.05) is 36.4 Å². The lowest BCUT2D eigenvalue weighted by Crippen LogP contribution is -2.47. The van der Waals surface area contributed by atoms with E-state index in [1.165, 1.54) is 4.90 Å². The van der Waals surface area contributed by atoms with Gasteiger partial charge < -0.3 is 15.0 Å². The van der Waals surface area contributed by atoms with Gasteiger partial charge in [-0.1, -0.05) is 36.4 Å². The Hall–Kier alpha value is -2.89. The summed E-state index contributed by atoms with van der Waals surface area (Å²) in [6.45, 7) is 2.75. The molecule has 1 fully saturated rings. The molecule has 0 radical (unpaired) electrons. The number of fused-ring (bicyclic) bond motifs is 1. The third kappa shape index (κ3) is 3.85. The smallest absolute Gasteiger partial charge is 0.313 e. The molecule has 2 aromatic carbocycles. The molecule has 3 rings (SSSR count). The van der Waals surface area contributed by atoms with E-state index < -0.39 is 11.8 Å². The number of benzene rings is 2. The summed E-state index contributed by atoms with van der Waals surface area (Å²) in [5.74, 6) is -1.98. The maximum absolute atomic E-state index is 12.5. The van der Waals surface area contributed by atoms with E-state index in [1.54, 1.807) is 13.0 Å². The van der Waals surface area contributed by atoms with E-state index in [-0.39, 0.29) is 18.4 Å². The Labute approximate surface area is 152 Å². The van der Waals surface area contributed by atoms with Crippen LogP contribution in [0.4, 0.5) is 5.69 Å².